The van der Waals surface area contributed by atoms with Crippen LogP contribution in [0.1, 0.15) is 31.2 Å². The molecule has 0 heterocycles. The lowest BCUT2D eigenvalue weighted by atomic mass is 9.86. The van der Waals surface area contributed by atoms with Crippen molar-refractivity contribution in [1.29, 1.82) is 0 Å². The number of carbonyl (C=O) groups is 1. The lowest BCUT2D eigenvalue weighted by molar-refractivity contribution is -0.124. The van der Waals surface area contributed by atoms with Crippen molar-refractivity contribution in [2.24, 2.45) is 11.7 Å². The molecule has 1 saturated carbocycles. The predicted molar refractivity (Wildman–Crippen MR) is 65.6 cm³/mol. The molecule has 1 unspecified atom stereocenters. The number of primary amides is 1. The van der Waals surface area contributed by atoms with E-state index in [0.717, 1.165) is 37.4 Å². The van der Waals surface area contributed by atoms with Crippen LogP contribution in [0, 0.1) is 12.0 Å². The van der Waals surface area contributed by atoms with Crippen LogP contribution in [-0.4, -0.2) is 5.91 Å². The predicted octanol–water partition coefficient (Wildman–Crippen LogP) is 2.41. The van der Waals surface area contributed by atoms with Gasteiger partial charge in [0.05, 0.1) is 12.5 Å². The van der Waals surface area contributed by atoms with Gasteiger partial charge in [-0.15, -0.1) is 0 Å². The SMILES string of the molecule is NC(=O)C1CCCC[C]1OCc1ccccc1. The lowest BCUT2D eigenvalue weighted by Gasteiger charge is -2.28. The summed E-state index contributed by atoms with van der Waals surface area (Å²) in [7, 11) is 0. The lowest BCUT2D eigenvalue weighted by Crippen LogP contribution is -2.32. The fourth-order valence-corrected chi connectivity index (χ4v) is 2.21. The minimum absolute atomic E-state index is 0.188. The number of ether oxygens (including phenoxy) is 1. The summed E-state index contributed by atoms with van der Waals surface area (Å²) in [6.07, 6.45) is 4.71. The molecule has 1 aromatic rings. The number of amides is 1. The van der Waals surface area contributed by atoms with Crippen LogP contribution in [0.2, 0.25) is 0 Å². The molecule has 0 aromatic heterocycles. The number of hydrogen-bond acceptors (Lipinski definition) is 2. The highest BCUT2D eigenvalue weighted by Gasteiger charge is 2.31. The third-order valence-electron chi connectivity index (χ3n) is 3.17. The van der Waals surface area contributed by atoms with E-state index in [2.05, 4.69) is 0 Å². The van der Waals surface area contributed by atoms with Gasteiger partial charge in [0.1, 0.15) is 6.10 Å². The Morgan fingerprint density at radius 1 is 1.29 bits per heavy atom. The van der Waals surface area contributed by atoms with Crippen molar-refractivity contribution in [3.05, 3.63) is 42.0 Å². The van der Waals surface area contributed by atoms with Crippen LogP contribution in [-0.2, 0) is 16.1 Å². The quantitative estimate of drug-likeness (QED) is 0.866. The summed E-state index contributed by atoms with van der Waals surface area (Å²) in [6, 6.07) is 9.97. The van der Waals surface area contributed by atoms with E-state index < -0.39 is 0 Å². The molecule has 1 radical (unpaired) electrons. The Bertz CT molecular complexity index is 364. The van der Waals surface area contributed by atoms with E-state index >= 15 is 0 Å². The monoisotopic (exact) mass is 232 g/mol. The van der Waals surface area contributed by atoms with Crippen molar-refractivity contribution in [2.45, 2.75) is 32.3 Å². The first-order valence-corrected chi connectivity index (χ1v) is 6.09. The van der Waals surface area contributed by atoms with Crippen molar-refractivity contribution in [3.8, 4) is 0 Å². The highest BCUT2D eigenvalue weighted by atomic mass is 16.5. The Labute approximate surface area is 102 Å². The van der Waals surface area contributed by atoms with E-state index in [0.29, 0.717) is 6.61 Å². The van der Waals surface area contributed by atoms with E-state index in [1.807, 2.05) is 30.3 Å². The number of nitrogens with two attached hydrogens (primary N) is 1. The third-order valence-corrected chi connectivity index (χ3v) is 3.17. The Balaban J connectivity index is 1.90. The molecule has 1 amide bonds. The van der Waals surface area contributed by atoms with Gasteiger partial charge in [0.15, 0.2) is 0 Å². The largest absolute Gasteiger partial charge is 0.369 e. The summed E-state index contributed by atoms with van der Waals surface area (Å²) in [4.78, 5) is 11.3. The van der Waals surface area contributed by atoms with Gasteiger partial charge in [-0.2, -0.15) is 0 Å². The molecular formula is C14H18NO2. The summed E-state index contributed by atoms with van der Waals surface area (Å²) in [5.41, 5.74) is 6.51. The Morgan fingerprint density at radius 2 is 2.06 bits per heavy atom. The summed E-state index contributed by atoms with van der Waals surface area (Å²) in [6.45, 7) is 0.528. The number of hydrogen-bond donors (Lipinski definition) is 1. The molecule has 17 heavy (non-hydrogen) atoms. The second-order valence-corrected chi connectivity index (χ2v) is 4.44. The number of benzene rings is 1. The molecule has 1 aromatic carbocycles. The molecule has 1 fully saturated rings. The van der Waals surface area contributed by atoms with Gasteiger partial charge in [-0.05, 0) is 18.4 Å². The van der Waals surface area contributed by atoms with Crippen molar-refractivity contribution in [1.82, 2.24) is 0 Å². The van der Waals surface area contributed by atoms with Crippen LogP contribution < -0.4 is 5.73 Å². The van der Waals surface area contributed by atoms with Crippen LogP contribution in [0.15, 0.2) is 30.3 Å². The van der Waals surface area contributed by atoms with Crippen LogP contribution >= 0.6 is 0 Å². The smallest absolute Gasteiger partial charge is 0.223 e. The topological polar surface area (TPSA) is 52.3 Å². The van der Waals surface area contributed by atoms with E-state index in [1.54, 1.807) is 0 Å². The first kappa shape index (κ1) is 12.1. The molecule has 3 heteroatoms. The number of carbonyl (C=O) groups excluding carboxylic acids is 1. The minimum Gasteiger partial charge on any atom is -0.369 e. The molecule has 0 saturated heterocycles. The van der Waals surface area contributed by atoms with Crippen molar-refractivity contribution in [3.63, 3.8) is 0 Å². The molecule has 0 bridgehead atoms. The van der Waals surface area contributed by atoms with Gasteiger partial charge < -0.3 is 10.5 Å². The van der Waals surface area contributed by atoms with Crippen LogP contribution in [0.4, 0.5) is 0 Å². The molecule has 3 nitrogen and oxygen atoms in total. The molecule has 2 N–H and O–H groups in total. The standard InChI is InChI=1S/C14H18NO2/c15-14(16)12-8-4-5-9-13(12)17-10-11-6-2-1-3-7-11/h1-3,6-7,12H,4-5,8-10H2,(H2,15,16). The van der Waals surface area contributed by atoms with E-state index in [-0.39, 0.29) is 11.8 Å². The fourth-order valence-electron chi connectivity index (χ4n) is 2.21. The van der Waals surface area contributed by atoms with Gasteiger partial charge in [0.2, 0.25) is 5.91 Å². The maximum atomic E-state index is 11.3. The maximum Gasteiger partial charge on any atom is 0.223 e. The molecular weight excluding hydrogens is 214 g/mol. The van der Waals surface area contributed by atoms with Crippen molar-refractivity contribution >= 4 is 5.91 Å². The molecule has 0 aliphatic heterocycles. The second-order valence-electron chi connectivity index (χ2n) is 4.44. The van der Waals surface area contributed by atoms with Gasteiger partial charge in [-0.25, -0.2) is 0 Å². The van der Waals surface area contributed by atoms with Crippen LogP contribution in [0.5, 0.6) is 0 Å². The normalized spacial score (nSPS) is 21.3. The summed E-state index contributed by atoms with van der Waals surface area (Å²) in [5.74, 6) is -0.444. The van der Waals surface area contributed by atoms with Gasteiger partial charge in [0.25, 0.3) is 0 Å². The van der Waals surface area contributed by atoms with Crippen molar-refractivity contribution < 1.29 is 9.53 Å². The zero-order chi connectivity index (χ0) is 12.1. The Kier molecular flexibility index (Phi) is 4.15. The first-order valence-electron chi connectivity index (χ1n) is 6.09. The second kappa shape index (κ2) is 5.82. The molecule has 2 rings (SSSR count). The number of rotatable bonds is 4. The minimum atomic E-state index is -0.257. The average molecular weight is 232 g/mol. The highest BCUT2D eigenvalue weighted by Crippen LogP contribution is 2.33. The van der Waals surface area contributed by atoms with E-state index in [1.165, 1.54) is 0 Å². The summed E-state index contributed by atoms with van der Waals surface area (Å²) < 4.78 is 5.76. The molecule has 1 aliphatic carbocycles. The summed E-state index contributed by atoms with van der Waals surface area (Å²) >= 11 is 0. The Morgan fingerprint density at radius 3 is 2.76 bits per heavy atom. The third kappa shape index (κ3) is 3.30. The average Bonchev–Trinajstić information content (AvgIpc) is 2.38. The zero-order valence-electron chi connectivity index (χ0n) is 9.89. The molecule has 1 aliphatic rings. The maximum absolute atomic E-state index is 11.3. The highest BCUT2D eigenvalue weighted by molar-refractivity contribution is 5.78. The van der Waals surface area contributed by atoms with E-state index in [4.69, 9.17) is 10.5 Å². The molecule has 0 spiro atoms. The van der Waals surface area contributed by atoms with Crippen LogP contribution in [0.25, 0.3) is 0 Å². The molecule has 1 atom stereocenters. The Hall–Kier alpha value is -1.35. The van der Waals surface area contributed by atoms with Crippen molar-refractivity contribution in [2.75, 3.05) is 0 Å². The van der Waals surface area contributed by atoms with Crippen LogP contribution in [0.3, 0.4) is 0 Å². The zero-order valence-corrected chi connectivity index (χ0v) is 9.89. The van der Waals surface area contributed by atoms with Gasteiger partial charge >= 0.3 is 0 Å². The molecule has 91 valence electrons. The summed E-state index contributed by atoms with van der Waals surface area (Å²) in [5, 5.41) is 0. The van der Waals surface area contributed by atoms with Gasteiger partial charge in [-0.1, -0.05) is 43.2 Å². The van der Waals surface area contributed by atoms with Gasteiger partial charge in [0, 0.05) is 0 Å². The fraction of sp³-hybridized carbons (Fsp3) is 0.429. The van der Waals surface area contributed by atoms with Gasteiger partial charge in [-0.3, -0.25) is 4.79 Å². The first-order chi connectivity index (χ1) is 8.27. The van der Waals surface area contributed by atoms with E-state index in [9.17, 15) is 4.79 Å².